The number of thioether (sulfide) groups is 1. The third-order valence-corrected chi connectivity index (χ3v) is 5.62. The van der Waals surface area contributed by atoms with Gasteiger partial charge in [0.2, 0.25) is 11.8 Å². The second-order valence-electron chi connectivity index (χ2n) is 6.22. The van der Waals surface area contributed by atoms with Gasteiger partial charge in [0.1, 0.15) is 5.37 Å². The highest BCUT2D eigenvalue weighted by Gasteiger charge is 2.34. The van der Waals surface area contributed by atoms with Crippen LogP contribution in [-0.4, -0.2) is 17.6 Å². The van der Waals surface area contributed by atoms with Crippen LogP contribution < -0.4 is 10.2 Å². The molecular weight excluding hydrogens is 344 g/mol. The fourth-order valence-electron chi connectivity index (χ4n) is 3.31. The zero-order chi connectivity index (χ0) is 18.1. The molecular formula is C21H18N2O2S. The van der Waals surface area contributed by atoms with Crippen LogP contribution >= 0.6 is 11.8 Å². The molecule has 0 saturated carbocycles. The summed E-state index contributed by atoms with van der Waals surface area (Å²) in [4.78, 5) is 25.6. The van der Waals surface area contributed by atoms with Crippen molar-refractivity contribution in [3.8, 4) is 0 Å². The first-order valence-electron chi connectivity index (χ1n) is 8.42. The van der Waals surface area contributed by atoms with E-state index in [4.69, 9.17) is 0 Å². The van der Waals surface area contributed by atoms with E-state index < -0.39 is 0 Å². The minimum atomic E-state index is -0.112. The molecule has 0 aliphatic carbocycles. The predicted octanol–water partition coefficient (Wildman–Crippen LogP) is 4.58. The number of rotatable bonds is 3. The Bertz CT molecular complexity index is 979. The van der Waals surface area contributed by atoms with E-state index >= 15 is 0 Å². The van der Waals surface area contributed by atoms with Crippen LogP contribution in [0.15, 0.2) is 66.7 Å². The fraction of sp³-hybridized carbons (Fsp3) is 0.143. The van der Waals surface area contributed by atoms with Crippen molar-refractivity contribution in [3.63, 3.8) is 0 Å². The summed E-state index contributed by atoms with van der Waals surface area (Å²) < 4.78 is 0. The Kier molecular flexibility index (Phi) is 4.39. The second-order valence-corrected chi connectivity index (χ2v) is 7.29. The summed E-state index contributed by atoms with van der Waals surface area (Å²) >= 11 is 1.64. The minimum absolute atomic E-state index is 0.0554. The first-order chi connectivity index (χ1) is 12.6. The van der Waals surface area contributed by atoms with Crippen molar-refractivity contribution in [1.82, 2.24) is 0 Å². The smallest absolute Gasteiger partial charge is 0.238 e. The molecule has 3 aromatic carbocycles. The van der Waals surface area contributed by atoms with E-state index in [1.54, 1.807) is 11.8 Å². The topological polar surface area (TPSA) is 49.4 Å². The van der Waals surface area contributed by atoms with E-state index in [2.05, 4.69) is 29.6 Å². The SMILES string of the molecule is CC(=O)Nc1ccc(N2C(=O)CSC2c2cccc3ccccc23)cc1. The van der Waals surface area contributed by atoms with Crippen molar-refractivity contribution >= 4 is 45.7 Å². The number of amides is 2. The number of anilines is 2. The zero-order valence-corrected chi connectivity index (χ0v) is 15.1. The molecule has 0 radical (unpaired) electrons. The standard InChI is InChI=1S/C21H18N2O2S/c1-14(24)22-16-9-11-17(12-10-16)23-20(25)13-26-21(23)19-8-4-6-15-5-2-3-7-18(15)19/h2-12,21H,13H2,1H3,(H,22,24). The quantitative estimate of drug-likeness (QED) is 0.742. The first-order valence-corrected chi connectivity index (χ1v) is 9.47. The Balaban J connectivity index is 1.72. The van der Waals surface area contributed by atoms with Gasteiger partial charge in [0.15, 0.2) is 0 Å². The molecule has 1 saturated heterocycles. The van der Waals surface area contributed by atoms with Gasteiger partial charge in [0.25, 0.3) is 0 Å². The van der Waals surface area contributed by atoms with Crippen LogP contribution in [0.25, 0.3) is 10.8 Å². The lowest BCUT2D eigenvalue weighted by Crippen LogP contribution is -2.27. The van der Waals surface area contributed by atoms with Gasteiger partial charge in [-0.25, -0.2) is 0 Å². The molecule has 0 bridgehead atoms. The Hall–Kier alpha value is -2.79. The second kappa shape index (κ2) is 6.84. The summed E-state index contributed by atoms with van der Waals surface area (Å²) in [5.74, 6) is 0.445. The van der Waals surface area contributed by atoms with E-state index in [1.165, 1.54) is 17.7 Å². The molecule has 1 aliphatic rings. The maximum absolute atomic E-state index is 12.6. The fourth-order valence-corrected chi connectivity index (χ4v) is 4.52. The zero-order valence-electron chi connectivity index (χ0n) is 14.3. The number of hydrogen-bond donors (Lipinski definition) is 1. The molecule has 2 amide bonds. The molecule has 4 rings (SSSR count). The summed E-state index contributed by atoms with van der Waals surface area (Å²) in [5.41, 5.74) is 2.71. The van der Waals surface area contributed by atoms with E-state index in [1.807, 2.05) is 47.4 Å². The van der Waals surface area contributed by atoms with Gasteiger partial charge >= 0.3 is 0 Å². The molecule has 130 valence electrons. The lowest BCUT2D eigenvalue weighted by Gasteiger charge is -2.25. The summed E-state index contributed by atoms with van der Waals surface area (Å²) in [5, 5.41) is 5.04. The lowest BCUT2D eigenvalue weighted by molar-refractivity contribution is -0.116. The molecule has 4 nitrogen and oxygen atoms in total. The monoisotopic (exact) mass is 362 g/mol. The van der Waals surface area contributed by atoms with Crippen LogP contribution in [-0.2, 0) is 9.59 Å². The van der Waals surface area contributed by atoms with Gasteiger partial charge in [-0.1, -0.05) is 42.5 Å². The van der Waals surface area contributed by atoms with Crippen molar-refractivity contribution in [2.75, 3.05) is 16.0 Å². The number of nitrogens with one attached hydrogen (secondary N) is 1. The molecule has 1 N–H and O–H groups in total. The van der Waals surface area contributed by atoms with Crippen molar-refractivity contribution in [2.45, 2.75) is 12.3 Å². The first kappa shape index (κ1) is 16.7. The van der Waals surface area contributed by atoms with Gasteiger partial charge in [0.05, 0.1) is 5.75 Å². The summed E-state index contributed by atoms with van der Waals surface area (Å²) in [6.07, 6.45) is 0. The van der Waals surface area contributed by atoms with E-state index in [-0.39, 0.29) is 17.2 Å². The Morgan fingerprint density at radius 2 is 1.77 bits per heavy atom. The van der Waals surface area contributed by atoms with Crippen molar-refractivity contribution in [2.24, 2.45) is 0 Å². The van der Waals surface area contributed by atoms with E-state index in [0.717, 1.165) is 16.9 Å². The lowest BCUT2D eigenvalue weighted by atomic mass is 10.0. The number of carbonyl (C=O) groups is 2. The Morgan fingerprint density at radius 1 is 1.04 bits per heavy atom. The highest BCUT2D eigenvalue weighted by molar-refractivity contribution is 8.00. The molecule has 3 aromatic rings. The molecule has 5 heteroatoms. The largest absolute Gasteiger partial charge is 0.326 e. The maximum atomic E-state index is 12.6. The Labute approximate surface area is 156 Å². The minimum Gasteiger partial charge on any atom is -0.326 e. The average molecular weight is 362 g/mol. The number of fused-ring (bicyclic) bond motifs is 1. The molecule has 1 atom stereocenters. The maximum Gasteiger partial charge on any atom is 0.238 e. The molecule has 1 heterocycles. The van der Waals surface area contributed by atoms with E-state index in [0.29, 0.717) is 5.75 Å². The highest BCUT2D eigenvalue weighted by Crippen LogP contribution is 2.44. The third-order valence-electron chi connectivity index (χ3n) is 4.42. The number of hydrogen-bond acceptors (Lipinski definition) is 3. The number of nitrogens with zero attached hydrogens (tertiary/aromatic N) is 1. The van der Waals surface area contributed by atoms with Gasteiger partial charge in [-0.3, -0.25) is 14.5 Å². The van der Waals surface area contributed by atoms with Crippen molar-refractivity contribution < 1.29 is 9.59 Å². The highest BCUT2D eigenvalue weighted by atomic mass is 32.2. The third kappa shape index (κ3) is 3.06. The number of carbonyl (C=O) groups excluding carboxylic acids is 2. The molecule has 1 aliphatic heterocycles. The van der Waals surface area contributed by atoms with Crippen molar-refractivity contribution in [3.05, 3.63) is 72.3 Å². The summed E-state index contributed by atoms with van der Waals surface area (Å²) in [6, 6.07) is 21.9. The van der Waals surface area contributed by atoms with Crippen LogP contribution in [0.4, 0.5) is 11.4 Å². The van der Waals surface area contributed by atoms with Crippen LogP contribution in [0.1, 0.15) is 17.9 Å². The predicted molar refractivity (Wildman–Crippen MR) is 107 cm³/mol. The Morgan fingerprint density at radius 3 is 2.54 bits per heavy atom. The average Bonchev–Trinajstić information content (AvgIpc) is 3.03. The summed E-state index contributed by atoms with van der Waals surface area (Å²) in [6.45, 7) is 1.48. The summed E-state index contributed by atoms with van der Waals surface area (Å²) in [7, 11) is 0. The number of benzene rings is 3. The van der Waals surface area contributed by atoms with Gasteiger partial charge in [-0.15, -0.1) is 11.8 Å². The van der Waals surface area contributed by atoms with Gasteiger partial charge in [-0.05, 0) is 40.6 Å². The molecule has 0 spiro atoms. The van der Waals surface area contributed by atoms with Crippen molar-refractivity contribution in [1.29, 1.82) is 0 Å². The molecule has 0 aromatic heterocycles. The molecule has 26 heavy (non-hydrogen) atoms. The normalized spacial score (nSPS) is 16.9. The van der Waals surface area contributed by atoms with Crippen LogP contribution in [0.3, 0.4) is 0 Å². The van der Waals surface area contributed by atoms with Crippen LogP contribution in [0.2, 0.25) is 0 Å². The molecule has 1 unspecified atom stereocenters. The molecule has 1 fully saturated rings. The van der Waals surface area contributed by atoms with E-state index in [9.17, 15) is 9.59 Å². The van der Waals surface area contributed by atoms with Crippen LogP contribution in [0.5, 0.6) is 0 Å². The van der Waals surface area contributed by atoms with Crippen LogP contribution in [0, 0.1) is 0 Å². The van der Waals surface area contributed by atoms with Gasteiger partial charge < -0.3 is 5.32 Å². The van der Waals surface area contributed by atoms with Gasteiger partial charge in [-0.2, -0.15) is 0 Å². The van der Waals surface area contributed by atoms with Gasteiger partial charge in [0, 0.05) is 18.3 Å².